The van der Waals surface area contributed by atoms with Crippen LogP contribution in [0.4, 0.5) is 0 Å². The normalized spacial score (nSPS) is 26.8. The molecular formula is C31H38N6O6. The molecule has 12 nitrogen and oxygen atoms in total. The van der Waals surface area contributed by atoms with Crippen molar-refractivity contribution in [3.8, 4) is 22.5 Å². The summed E-state index contributed by atoms with van der Waals surface area (Å²) < 4.78 is 5.57. The predicted octanol–water partition coefficient (Wildman–Crippen LogP) is 2.22. The van der Waals surface area contributed by atoms with Crippen LogP contribution in [0.3, 0.4) is 0 Å². The molecule has 0 bridgehead atoms. The Kier molecular flexibility index (Phi) is 8.38. The van der Waals surface area contributed by atoms with Gasteiger partial charge in [-0.15, -0.1) is 15.0 Å². The van der Waals surface area contributed by atoms with E-state index < -0.39 is 42.8 Å². The summed E-state index contributed by atoms with van der Waals surface area (Å²) in [7, 11) is 0. The fourth-order valence-electron chi connectivity index (χ4n) is 6.31. The summed E-state index contributed by atoms with van der Waals surface area (Å²) in [5.41, 5.74) is 2.93. The van der Waals surface area contributed by atoms with E-state index in [2.05, 4.69) is 22.3 Å². The SMILES string of the molecule is CCCCC1=NC2(CCCC2)C(=O)N1Cc1ccc(-c2ccccc2-c2nnn([C@@H]3O[C@H](CO)[C@@H](O)[C@H](O)[C@H]3O)n2)cc1. The minimum atomic E-state index is -1.55. The van der Waals surface area contributed by atoms with Crippen LogP contribution in [0.5, 0.6) is 0 Å². The van der Waals surface area contributed by atoms with Gasteiger partial charge in [0.25, 0.3) is 5.91 Å². The van der Waals surface area contributed by atoms with Crippen LogP contribution in [0.1, 0.15) is 63.7 Å². The molecule has 0 radical (unpaired) electrons. The second kappa shape index (κ2) is 12.2. The van der Waals surface area contributed by atoms with Gasteiger partial charge in [-0.25, -0.2) is 0 Å². The standard InChI is InChI=1S/C31H38N6O6/c1-2-3-10-24-32-31(15-6-7-16-31)30(42)36(24)17-19-11-13-20(14-12-19)21-8-4-5-9-22(21)28-33-35-37(34-28)29-27(41)26(40)25(39)23(18-38)43-29/h4-5,8-9,11-14,23,25-27,29,38-41H,2-3,6-7,10,15-18H2,1H3/t23-,25-,26+,27-,29-/m1/s1. The number of aliphatic hydroxyl groups is 4. The largest absolute Gasteiger partial charge is 0.394 e. The van der Waals surface area contributed by atoms with E-state index in [1.165, 1.54) is 0 Å². The molecule has 3 aliphatic rings. The molecule has 2 aromatic carbocycles. The molecule has 2 aliphatic heterocycles. The number of benzene rings is 2. The molecular weight excluding hydrogens is 552 g/mol. The van der Waals surface area contributed by atoms with Crippen LogP contribution in [-0.4, -0.2) is 93.8 Å². The van der Waals surface area contributed by atoms with Crippen LogP contribution in [0.2, 0.25) is 0 Å². The molecule has 1 saturated heterocycles. The quantitative estimate of drug-likeness (QED) is 0.292. The highest BCUT2D eigenvalue weighted by molar-refractivity contribution is 6.08. The Labute approximate surface area is 249 Å². The maximum Gasteiger partial charge on any atom is 0.256 e. The van der Waals surface area contributed by atoms with Crippen molar-refractivity contribution in [2.45, 2.75) is 94.6 Å². The lowest BCUT2D eigenvalue weighted by Crippen LogP contribution is -2.56. The molecule has 1 aromatic heterocycles. The first-order valence-corrected chi connectivity index (χ1v) is 15.0. The van der Waals surface area contributed by atoms with Crippen molar-refractivity contribution < 1.29 is 30.0 Å². The van der Waals surface area contributed by atoms with Gasteiger partial charge < -0.3 is 25.2 Å². The third-order valence-electron chi connectivity index (χ3n) is 8.78. The number of aromatic nitrogens is 4. The third-order valence-corrected chi connectivity index (χ3v) is 8.78. The van der Waals surface area contributed by atoms with E-state index in [-0.39, 0.29) is 11.7 Å². The maximum absolute atomic E-state index is 13.5. The number of carbonyl (C=O) groups excluding carboxylic acids is 1. The van der Waals surface area contributed by atoms with Crippen molar-refractivity contribution in [2.75, 3.05) is 6.61 Å². The predicted molar refractivity (Wildman–Crippen MR) is 156 cm³/mol. The number of amides is 1. The highest BCUT2D eigenvalue weighted by Gasteiger charge is 2.49. The van der Waals surface area contributed by atoms with E-state index in [0.717, 1.165) is 72.3 Å². The van der Waals surface area contributed by atoms with Crippen molar-refractivity contribution >= 4 is 11.7 Å². The molecule has 1 amide bonds. The Hall–Kier alpha value is -3.55. The summed E-state index contributed by atoms with van der Waals surface area (Å²) in [6, 6.07) is 15.6. The molecule has 6 rings (SSSR count). The molecule has 3 heterocycles. The highest BCUT2D eigenvalue weighted by Crippen LogP contribution is 2.40. The zero-order chi connectivity index (χ0) is 30.1. The second-order valence-electron chi connectivity index (χ2n) is 11.7. The number of hydrogen-bond acceptors (Lipinski definition) is 10. The van der Waals surface area contributed by atoms with E-state index in [1.807, 2.05) is 53.4 Å². The van der Waals surface area contributed by atoms with Gasteiger partial charge in [0.15, 0.2) is 6.23 Å². The minimum absolute atomic E-state index is 0.138. The van der Waals surface area contributed by atoms with Crippen LogP contribution in [0, 0.1) is 0 Å². The number of aliphatic hydroxyl groups excluding tert-OH is 4. The van der Waals surface area contributed by atoms with Gasteiger partial charge in [-0.05, 0) is 41.2 Å². The molecule has 5 atom stereocenters. The molecule has 1 aliphatic carbocycles. The summed E-state index contributed by atoms with van der Waals surface area (Å²) in [4.78, 5) is 21.5. The minimum Gasteiger partial charge on any atom is -0.394 e. The third kappa shape index (κ3) is 5.49. The van der Waals surface area contributed by atoms with Crippen LogP contribution in [0.25, 0.3) is 22.5 Å². The first-order valence-electron chi connectivity index (χ1n) is 15.0. The van der Waals surface area contributed by atoms with E-state index in [4.69, 9.17) is 9.73 Å². The fraction of sp³-hybridized carbons (Fsp3) is 0.516. The molecule has 3 aromatic rings. The molecule has 12 heteroatoms. The average molecular weight is 591 g/mol. The molecule has 43 heavy (non-hydrogen) atoms. The van der Waals surface area contributed by atoms with E-state index in [9.17, 15) is 25.2 Å². The van der Waals surface area contributed by atoms with Crippen molar-refractivity contribution in [1.82, 2.24) is 25.1 Å². The lowest BCUT2D eigenvalue weighted by molar-refractivity contribution is -0.257. The summed E-state index contributed by atoms with van der Waals surface area (Å²) >= 11 is 0. The number of rotatable bonds is 9. The number of hydrogen-bond donors (Lipinski definition) is 4. The van der Waals surface area contributed by atoms with Gasteiger partial charge in [0.1, 0.15) is 35.8 Å². The van der Waals surface area contributed by atoms with Gasteiger partial charge in [-0.1, -0.05) is 74.7 Å². The van der Waals surface area contributed by atoms with Crippen molar-refractivity contribution in [3.05, 3.63) is 54.1 Å². The maximum atomic E-state index is 13.5. The molecule has 2 fully saturated rings. The van der Waals surface area contributed by atoms with Crippen LogP contribution >= 0.6 is 0 Å². The Morgan fingerprint density at radius 3 is 2.40 bits per heavy atom. The van der Waals surface area contributed by atoms with Crippen molar-refractivity contribution in [3.63, 3.8) is 0 Å². The molecule has 4 N–H and O–H groups in total. The van der Waals surface area contributed by atoms with Crippen LogP contribution in [-0.2, 0) is 16.1 Å². The van der Waals surface area contributed by atoms with Gasteiger partial charge in [0.2, 0.25) is 5.82 Å². The Balaban J connectivity index is 1.22. The summed E-state index contributed by atoms with van der Waals surface area (Å²) in [6.07, 6.45) is -0.263. The topological polar surface area (TPSA) is 166 Å². The highest BCUT2D eigenvalue weighted by atomic mass is 16.6. The Bertz CT molecular complexity index is 1470. The summed E-state index contributed by atoms with van der Waals surface area (Å²) in [5.74, 6) is 1.33. The zero-order valence-electron chi connectivity index (χ0n) is 24.2. The lowest BCUT2D eigenvalue weighted by Gasteiger charge is -2.38. The van der Waals surface area contributed by atoms with Gasteiger partial charge >= 0.3 is 0 Å². The van der Waals surface area contributed by atoms with Gasteiger partial charge in [0.05, 0.1) is 13.2 Å². The molecule has 1 spiro atoms. The summed E-state index contributed by atoms with van der Waals surface area (Å²) in [6.45, 7) is 2.08. The summed E-state index contributed by atoms with van der Waals surface area (Å²) in [5, 5.41) is 52.9. The second-order valence-corrected chi connectivity index (χ2v) is 11.7. The number of unbranched alkanes of at least 4 members (excludes halogenated alkanes) is 1. The molecule has 228 valence electrons. The number of nitrogens with zero attached hydrogens (tertiary/aromatic N) is 6. The van der Waals surface area contributed by atoms with E-state index >= 15 is 0 Å². The Morgan fingerprint density at radius 1 is 0.977 bits per heavy atom. The zero-order valence-corrected chi connectivity index (χ0v) is 24.2. The van der Waals surface area contributed by atoms with E-state index in [1.54, 1.807) is 0 Å². The van der Waals surface area contributed by atoms with Gasteiger partial charge in [-0.3, -0.25) is 14.7 Å². The van der Waals surface area contributed by atoms with Gasteiger partial charge in [0, 0.05) is 12.0 Å². The number of ether oxygens (including phenoxy) is 1. The number of carbonyl (C=O) groups is 1. The van der Waals surface area contributed by atoms with E-state index in [0.29, 0.717) is 12.1 Å². The lowest BCUT2D eigenvalue weighted by atomic mass is 9.97. The Morgan fingerprint density at radius 2 is 1.70 bits per heavy atom. The van der Waals surface area contributed by atoms with Crippen molar-refractivity contribution in [1.29, 1.82) is 0 Å². The monoisotopic (exact) mass is 590 g/mol. The number of amidine groups is 1. The first-order chi connectivity index (χ1) is 20.8. The number of aliphatic imine (C=N–C) groups is 1. The molecule has 1 saturated carbocycles. The first kappa shape index (κ1) is 29.5. The van der Waals surface area contributed by atoms with Gasteiger partial charge in [-0.2, -0.15) is 0 Å². The smallest absolute Gasteiger partial charge is 0.256 e. The van der Waals surface area contributed by atoms with Crippen LogP contribution < -0.4 is 0 Å². The van der Waals surface area contributed by atoms with Crippen molar-refractivity contribution in [2.24, 2.45) is 4.99 Å². The fourth-order valence-corrected chi connectivity index (χ4v) is 6.31. The molecule has 0 unspecified atom stereocenters. The van der Waals surface area contributed by atoms with Crippen LogP contribution in [0.15, 0.2) is 53.5 Å². The average Bonchev–Trinajstić information content (AvgIpc) is 3.77. The number of tetrazole rings is 1.